The summed E-state index contributed by atoms with van der Waals surface area (Å²) >= 11 is 0. The first-order chi connectivity index (χ1) is 24.1. The fourth-order valence-corrected chi connectivity index (χ4v) is 5.02. The van der Waals surface area contributed by atoms with Crippen LogP contribution in [0.25, 0.3) is 0 Å². The normalized spacial score (nSPS) is 16.6. The Hall–Kier alpha value is -3.07. The first kappa shape index (κ1) is 50.9. The predicted octanol–water partition coefficient (Wildman–Crippen LogP) is 3.67. The van der Waals surface area contributed by atoms with Crippen molar-refractivity contribution in [2.24, 2.45) is 10.8 Å². The van der Waals surface area contributed by atoms with Gasteiger partial charge in [-0.2, -0.15) is 0 Å². The Morgan fingerprint density at radius 1 is 0.759 bits per heavy atom. The number of benzene rings is 2. The van der Waals surface area contributed by atoms with Gasteiger partial charge in [-0.15, -0.1) is 26.3 Å². The Bertz CT molecular complexity index is 1520. The molecule has 0 bridgehead atoms. The summed E-state index contributed by atoms with van der Waals surface area (Å²) in [5.41, 5.74) is -2.56. The van der Waals surface area contributed by atoms with Crippen LogP contribution in [0, 0.1) is 10.8 Å². The molecule has 2 saturated carbocycles. The number of hydrogen-bond donors (Lipinski definition) is 4. The minimum Gasteiger partial charge on any atom is -1.00 e. The van der Waals surface area contributed by atoms with E-state index in [4.69, 9.17) is 5.11 Å². The third-order valence-corrected chi connectivity index (χ3v) is 8.33. The molecule has 3 radical (unpaired) electrons. The third-order valence-electron chi connectivity index (χ3n) is 8.33. The van der Waals surface area contributed by atoms with Crippen molar-refractivity contribution in [3.8, 4) is 11.5 Å². The van der Waals surface area contributed by atoms with Gasteiger partial charge < -0.3 is 31.7 Å². The maximum absolute atomic E-state index is 12.9. The van der Waals surface area contributed by atoms with Crippen molar-refractivity contribution in [1.29, 1.82) is 0 Å². The first-order valence-electron chi connectivity index (χ1n) is 15.6. The number of carbonyl (C=O) groups excluding carboxylic acids is 3. The van der Waals surface area contributed by atoms with E-state index in [-0.39, 0.29) is 65.1 Å². The number of halogens is 10. The number of ether oxygens (including phenoxy) is 2. The van der Waals surface area contributed by atoms with E-state index < -0.39 is 96.5 Å². The number of nitrogens with one attached hydrogen (secondary N) is 2. The molecule has 0 aliphatic heterocycles. The molecule has 0 heterocycles. The zero-order chi connectivity index (χ0) is 39.7. The zero-order valence-electron chi connectivity index (χ0n) is 30.5. The van der Waals surface area contributed by atoms with E-state index in [9.17, 15) is 63.4 Å². The van der Waals surface area contributed by atoms with E-state index in [2.05, 4.69) is 20.1 Å². The second-order valence-corrected chi connectivity index (χ2v) is 12.1. The average Bonchev–Trinajstić information content (AvgIpc) is 3.95. The van der Waals surface area contributed by atoms with Gasteiger partial charge in [0.25, 0.3) is 6.43 Å². The van der Waals surface area contributed by atoms with Crippen LogP contribution < -0.4 is 49.7 Å². The molecule has 2 aromatic rings. The standard InChI is InChI=1S/C16H18F5NO3.C16H16F5NO3.CH4O.B.Na.H/c2*1-9(10-3-2-4-11(7-10)25-16(19,20)21)22-13(24)8-12(23)15(5-6-15)14(17)18;1-2;;;/h2-4,7,9,12,14,23H,5-6,8H2,1H3,(H,22,24);2-4,7,9,14H,5-6,8H2,1H3,(H,22,24);2H,1H3;;;/q;;;;+1;-1/t9-,12?;9-;;;;/m00..../s1. The number of aliphatic hydroxyl groups is 2. The molecule has 3 atom stereocenters. The molecule has 2 fully saturated rings. The van der Waals surface area contributed by atoms with Gasteiger partial charge in [-0.3, -0.25) is 14.4 Å². The Kier molecular flexibility index (Phi) is 20.1. The average molecular weight is 799 g/mol. The van der Waals surface area contributed by atoms with Crippen LogP contribution in [0.3, 0.4) is 0 Å². The summed E-state index contributed by atoms with van der Waals surface area (Å²) in [6, 6.07) is 8.66. The Morgan fingerprint density at radius 3 is 1.50 bits per heavy atom. The monoisotopic (exact) mass is 799 g/mol. The van der Waals surface area contributed by atoms with Gasteiger partial charge in [0.2, 0.25) is 18.2 Å². The molecule has 4 rings (SSSR count). The molecule has 21 heteroatoms. The maximum Gasteiger partial charge on any atom is 1.00 e. The number of carbonyl (C=O) groups is 3. The van der Waals surface area contributed by atoms with Crippen molar-refractivity contribution in [3.63, 3.8) is 0 Å². The Morgan fingerprint density at radius 2 is 1.17 bits per heavy atom. The summed E-state index contributed by atoms with van der Waals surface area (Å²) < 4.78 is 132. The molecule has 297 valence electrons. The number of Topliss-reactive ketones (excluding diaryl/α,β-unsaturated/α-hetero) is 1. The molecule has 54 heavy (non-hydrogen) atoms. The minimum absolute atomic E-state index is 0. The molecule has 9 nitrogen and oxygen atoms in total. The summed E-state index contributed by atoms with van der Waals surface area (Å²) in [6.07, 6.45) is -17.4. The van der Waals surface area contributed by atoms with E-state index in [1.165, 1.54) is 38.1 Å². The largest absolute Gasteiger partial charge is 1.00 e. The van der Waals surface area contributed by atoms with Gasteiger partial charge in [0, 0.05) is 15.5 Å². The Balaban J connectivity index is 0. The van der Waals surface area contributed by atoms with Gasteiger partial charge in [-0.1, -0.05) is 24.3 Å². The van der Waals surface area contributed by atoms with E-state index in [1.54, 1.807) is 0 Å². The summed E-state index contributed by atoms with van der Waals surface area (Å²) in [7, 11) is 1.00. The summed E-state index contributed by atoms with van der Waals surface area (Å²) in [4.78, 5) is 35.6. The van der Waals surface area contributed by atoms with E-state index >= 15 is 0 Å². The van der Waals surface area contributed by atoms with Crippen LogP contribution in [-0.2, 0) is 14.4 Å². The fourth-order valence-electron chi connectivity index (χ4n) is 5.02. The van der Waals surface area contributed by atoms with E-state index in [0.29, 0.717) is 11.1 Å². The van der Waals surface area contributed by atoms with Crippen LogP contribution >= 0.6 is 0 Å². The van der Waals surface area contributed by atoms with Crippen molar-refractivity contribution in [1.82, 2.24) is 10.6 Å². The van der Waals surface area contributed by atoms with Crippen molar-refractivity contribution >= 4 is 26.0 Å². The van der Waals surface area contributed by atoms with Crippen LogP contribution in [0.5, 0.6) is 11.5 Å². The van der Waals surface area contributed by atoms with Crippen LogP contribution in [0.4, 0.5) is 43.9 Å². The van der Waals surface area contributed by atoms with Crippen molar-refractivity contribution in [2.45, 2.75) is 96.1 Å². The predicted molar refractivity (Wildman–Crippen MR) is 170 cm³/mol. The van der Waals surface area contributed by atoms with Gasteiger partial charge in [-0.25, -0.2) is 17.6 Å². The van der Waals surface area contributed by atoms with Crippen molar-refractivity contribution in [2.75, 3.05) is 7.11 Å². The molecule has 4 N–H and O–H groups in total. The van der Waals surface area contributed by atoms with Crippen molar-refractivity contribution < 1.29 is 109 Å². The summed E-state index contributed by atoms with van der Waals surface area (Å²) in [6.45, 7) is 3.02. The summed E-state index contributed by atoms with van der Waals surface area (Å²) in [5, 5.41) is 21.7. The number of alkyl halides is 10. The molecule has 0 spiro atoms. The SMILES string of the molecule is CO.C[C@H](NC(=O)CC(=O)C1(C(F)F)CC1)c1cccc(OC(F)(F)F)c1.C[C@H](NC(=O)CC(O)C1(C(F)F)CC1)c1cccc(OC(F)(F)F)c1.[B].[H-].[Na+]. The molecule has 2 amide bonds. The molecule has 0 saturated heterocycles. The van der Waals surface area contributed by atoms with E-state index in [0.717, 1.165) is 31.4 Å². The maximum atomic E-state index is 12.9. The smallest absolute Gasteiger partial charge is 1.00 e. The molecule has 2 aliphatic carbocycles. The number of hydrogen-bond acceptors (Lipinski definition) is 7. The van der Waals surface area contributed by atoms with Gasteiger partial charge in [-0.05, 0) is 74.9 Å². The number of rotatable bonds is 14. The number of amides is 2. The molecular weight excluding hydrogens is 760 g/mol. The fraction of sp³-hybridized carbons (Fsp3) is 0.545. The molecule has 0 aromatic heterocycles. The van der Waals surface area contributed by atoms with Crippen molar-refractivity contribution in [3.05, 3.63) is 59.7 Å². The molecule has 1 unspecified atom stereocenters. The third kappa shape index (κ3) is 15.6. The van der Waals surface area contributed by atoms with E-state index in [1.807, 2.05) is 0 Å². The second kappa shape index (κ2) is 21.3. The van der Waals surface area contributed by atoms with Crippen LogP contribution in [0.1, 0.15) is 77.0 Å². The number of ketones is 1. The van der Waals surface area contributed by atoms with Gasteiger partial charge in [0.15, 0.2) is 5.78 Å². The second-order valence-electron chi connectivity index (χ2n) is 12.1. The zero-order valence-corrected chi connectivity index (χ0v) is 31.5. The van der Waals surface area contributed by atoms with Crippen LogP contribution in [-0.4, -0.2) is 75.0 Å². The topological polar surface area (TPSA) is 134 Å². The van der Waals surface area contributed by atoms with Gasteiger partial charge >= 0.3 is 42.3 Å². The van der Waals surface area contributed by atoms with Gasteiger partial charge in [0.1, 0.15) is 11.5 Å². The molecule has 2 aromatic carbocycles. The minimum atomic E-state index is -4.84. The Labute approximate surface area is 329 Å². The first-order valence-corrected chi connectivity index (χ1v) is 15.6. The molecular formula is C33H39BF10N2NaO7. The quantitative estimate of drug-likeness (QED) is 0.130. The van der Waals surface area contributed by atoms with Crippen LogP contribution in [0.2, 0.25) is 0 Å². The van der Waals surface area contributed by atoms with Gasteiger partial charge in [0.05, 0.1) is 41.9 Å². The van der Waals surface area contributed by atoms with Crippen LogP contribution in [0.15, 0.2) is 48.5 Å². The number of aliphatic hydroxyl groups excluding tert-OH is 2. The molecule has 2 aliphatic rings. The summed E-state index contributed by atoms with van der Waals surface area (Å²) in [5.74, 6) is -3.11.